The summed E-state index contributed by atoms with van der Waals surface area (Å²) in [6.45, 7) is 4.23. The summed E-state index contributed by atoms with van der Waals surface area (Å²) in [6.07, 6.45) is 1.55. The van der Waals surface area contributed by atoms with Crippen molar-refractivity contribution in [2.45, 2.75) is 26.0 Å². The minimum atomic E-state index is -1.05. The average Bonchev–Trinajstić information content (AvgIpc) is 2.66. The zero-order valence-electron chi connectivity index (χ0n) is 10.3. The van der Waals surface area contributed by atoms with E-state index in [0.717, 1.165) is 0 Å². The van der Waals surface area contributed by atoms with E-state index < -0.39 is 5.60 Å². The fourth-order valence-electron chi connectivity index (χ4n) is 1.15. The molecule has 0 spiro atoms. The SMILES string of the molecule is COCCNC(=O)Cn1cc(C(C)(C)O)nn1. The lowest BCUT2D eigenvalue weighted by atomic mass is 10.1. The summed E-state index contributed by atoms with van der Waals surface area (Å²) in [5.41, 5.74) is -0.618. The Hall–Kier alpha value is -1.47. The molecule has 1 amide bonds. The molecule has 0 aliphatic heterocycles. The summed E-state index contributed by atoms with van der Waals surface area (Å²) in [7, 11) is 1.57. The second-order valence-corrected chi connectivity index (χ2v) is 4.20. The second-order valence-electron chi connectivity index (χ2n) is 4.20. The van der Waals surface area contributed by atoms with Crippen molar-refractivity contribution in [1.82, 2.24) is 20.3 Å². The van der Waals surface area contributed by atoms with Crippen LogP contribution >= 0.6 is 0 Å². The van der Waals surface area contributed by atoms with E-state index in [-0.39, 0.29) is 12.5 Å². The van der Waals surface area contributed by atoms with Crippen LogP contribution < -0.4 is 5.32 Å². The number of aliphatic hydroxyl groups is 1. The normalized spacial score (nSPS) is 11.5. The third-order valence-electron chi connectivity index (χ3n) is 2.10. The molecule has 0 aliphatic carbocycles. The van der Waals surface area contributed by atoms with Crippen molar-refractivity contribution < 1.29 is 14.6 Å². The molecule has 0 atom stereocenters. The number of carbonyl (C=O) groups is 1. The lowest BCUT2D eigenvalue weighted by Gasteiger charge is -2.11. The fraction of sp³-hybridized carbons (Fsp3) is 0.700. The molecule has 7 heteroatoms. The predicted octanol–water partition coefficient (Wildman–Crippen LogP) is -0.732. The molecule has 2 N–H and O–H groups in total. The number of hydrogen-bond acceptors (Lipinski definition) is 5. The highest BCUT2D eigenvalue weighted by atomic mass is 16.5. The molecule has 0 saturated carbocycles. The third-order valence-corrected chi connectivity index (χ3v) is 2.10. The van der Waals surface area contributed by atoms with Crippen molar-refractivity contribution in [3.8, 4) is 0 Å². The molecule has 0 aliphatic rings. The Labute approximate surface area is 99.8 Å². The van der Waals surface area contributed by atoms with Crippen LogP contribution in [0.5, 0.6) is 0 Å². The maximum Gasteiger partial charge on any atom is 0.241 e. The van der Waals surface area contributed by atoms with Crippen molar-refractivity contribution in [1.29, 1.82) is 0 Å². The van der Waals surface area contributed by atoms with Crippen LogP contribution in [-0.4, -0.2) is 46.3 Å². The van der Waals surface area contributed by atoms with Gasteiger partial charge in [-0.25, -0.2) is 4.68 Å². The topological polar surface area (TPSA) is 89.3 Å². The number of nitrogens with one attached hydrogen (secondary N) is 1. The first kappa shape index (κ1) is 13.6. The van der Waals surface area contributed by atoms with Gasteiger partial charge in [0, 0.05) is 13.7 Å². The van der Waals surface area contributed by atoms with Crippen molar-refractivity contribution in [2.75, 3.05) is 20.3 Å². The van der Waals surface area contributed by atoms with Gasteiger partial charge in [0.05, 0.1) is 12.8 Å². The van der Waals surface area contributed by atoms with Crippen molar-refractivity contribution in [2.24, 2.45) is 0 Å². The van der Waals surface area contributed by atoms with Gasteiger partial charge in [-0.2, -0.15) is 0 Å². The van der Waals surface area contributed by atoms with E-state index in [4.69, 9.17) is 4.74 Å². The summed E-state index contributed by atoms with van der Waals surface area (Å²) in [6, 6.07) is 0. The number of hydrogen-bond donors (Lipinski definition) is 2. The Morgan fingerprint density at radius 2 is 2.35 bits per heavy atom. The second kappa shape index (κ2) is 5.74. The van der Waals surface area contributed by atoms with Gasteiger partial charge in [0.15, 0.2) is 0 Å². The fourth-order valence-corrected chi connectivity index (χ4v) is 1.15. The summed E-state index contributed by atoms with van der Waals surface area (Å²) >= 11 is 0. The average molecular weight is 242 g/mol. The van der Waals surface area contributed by atoms with Gasteiger partial charge in [-0.1, -0.05) is 5.21 Å². The largest absolute Gasteiger partial charge is 0.384 e. The van der Waals surface area contributed by atoms with Gasteiger partial charge in [-0.05, 0) is 13.8 Å². The minimum Gasteiger partial charge on any atom is -0.384 e. The van der Waals surface area contributed by atoms with Gasteiger partial charge in [-0.15, -0.1) is 5.10 Å². The quantitative estimate of drug-likeness (QED) is 0.642. The Bertz CT molecular complexity index is 370. The number of ether oxygens (including phenoxy) is 1. The number of nitrogens with zero attached hydrogens (tertiary/aromatic N) is 3. The lowest BCUT2D eigenvalue weighted by Crippen LogP contribution is -2.30. The smallest absolute Gasteiger partial charge is 0.241 e. The van der Waals surface area contributed by atoms with Crippen molar-refractivity contribution >= 4 is 5.91 Å². The molecule has 96 valence electrons. The molecule has 0 fully saturated rings. The van der Waals surface area contributed by atoms with Gasteiger partial charge in [0.2, 0.25) is 5.91 Å². The van der Waals surface area contributed by atoms with Crippen LogP contribution in [0.2, 0.25) is 0 Å². The Kier molecular flexibility index (Phi) is 4.59. The molecule has 1 aromatic rings. The molecule has 0 bridgehead atoms. The molecule has 0 radical (unpaired) electrons. The van der Waals surface area contributed by atoms with Crippen LogP contribution in [0.15, 0.2) is 6.20 Å². The molecule has 1 aromatic heterocycles. The standard InChI is InChI=1S/C10H18N4O3/c1-10(2,16)8-6-14(13-12-8)7-9(15)11-4-5-17-3/h6,16H,4-5,7H2,1-3H3,(H,11,15). The lowest BCUT2D eigenvalue weighted by molar-refractivity contribution is -0.122. The van der Waals surface area contributed by atoms with Crippen LogP contribution in [0.4, 0.5) is 0 Å². The zero-order valence-corrected chi connectivity index (χ0v) is 10.3. The van der Waals surface area contributed by atoms with Crippen LogP contribution in [0.1, 0.15) is 19.5 Å². The molecular formula is C10H18N4O3. The Morgan fingerprint density at radius 1 is 1.65 bits per heavy atom. The van der Waals surface area contributed by atoms with E-state index in [1.165, 1.54) is 4.68 Å². The summed E-state index contributed by atoms with van der Waals surface area (Å²) in [5.74, 6) is -0.172. The van der Waals surface area contributed by atoms with Gasteiger partial charge in [-0.3, -0.25) is 4.79 Å². The van der Waals surface area contributed by atoms with Crippen LogP contribution in [0.3, 0.4) is 0 Å². The van der Waals surface area contributed by atoms with Crippen molar-refractivity contribution in [3.63, 3.8) is 0 Å². The van der Waals surface area contributed by atoms with Gasteiger partial charge < -0.3 is 15.2 Å². The number of methoxy groups -OCH3 is 1. The first-order valence-electron chi connectivity index (χ1n) is 5.32. The van der Waals surface area contributed by atoms with Gasteiger partial charge in [0.1, 0.15) is 17.8 Å². The highest BCUT2D eigenvalue weighted by Crippen LogP contribution is 2.15. The molecule has 7 nitrogen and oxygen atoms in total. The van der Waals surface area contributed by atoms with E-state index in [0.29, 0.717) is 18.8 Å². The highest BCUT2D eigenvalue weighted by Gasteiger charge is 2.20. The molecule has 1 heterocycles. The van der Waals surface area contributed by atoms with Crippen LogP contribution in [0, 0.1) is 0 Å². The minimum absolute atomic E-state index is 0.0762. The van der Waals surface area contributed by atoms with E-state index in [1.807, 2.05) is 0 Å². The van der Waals surface area contributed by atoms with E-state index in [2.05, 4.69) is 15.6 Å². The molecular weight excluding hydrogens is 224 g/mol. The summed E-state index contributed by atoms with van der Waals surface area (Å²) in [5, 5.41) is 19.9. The Morgan fingerprint density at radius 3 is 2.88 bits per heavy atom. The number of rotatable bonds is 6. The van der Waals surface area contributed by atoms with E-state index in [1.54, 1.807) is 27.2 Å². The van der Waals surface area contributed by atoms with Crippen molar-refractivity contribution in [3.05, 3.63) is 11.9 Å². The number of amides is 1. The first-order valence-corrected chi connectivity index (χ1v) is 5.32. The summed E-state index contributed by atoms with van der Waals surface area (Å²) in [4.78, 5) is 11.4. The van der Waals surface area contributed by atoms with Crippen LogP contribution in [-0.2, 0) is 21.7 Å². The molecule has 0 unspecified atom stereocenters. The predicted molar refractivity (Wildman–Crippen MR) is 60.2 cm³/mol. The van der Waals surface area contributed by atoms with Gasteiger partial charge in [0.25, 0.3) is 0 Å². The monoisotopic (exact) mass is 242 g/mol. The molecule has 0 saturated heterocycles. The Balaban J connectivity index is 2.46. The van der Waals surface area contributed by atoms with E-state index >= 15 is 0 Å². The number of aromatic nitrogens is 3. The molecule has 0 aromatic carbocycles. The van der Waals surface area contributed by atoms with Crippen LogP contribution in [0.25, 0.3) is 0 Å². The number of carbonyl (C=O) groups excluding carboxylic acids is 1. The highest BCUT2D eigenvalue weighted by molar-refractivity contribution is 5.75. The van der Waals surface area contributed by atoms with E-state index in [9.17, 15) is 9.90 Å². The first-order chi connectivity index (χ1) is 7.93. The van der Waals surface area contributed by atoms with Gasteiger partial charge >= 0.3 is 0 Å². The zero-order chi connectivity index (χ0) is 12.9. The molecule has 1 rings (SSSR count). The third kappa shape index (κ3) is 4.49. The maximum absolute atomic E-state index is 11.4. The maximum atomic E-state index is 11.4. The summed E-state index contributed by atoms with van der Waals surface area (Å²) < 4.78 is 6.19. The molecule has 17 heavy (non-hydrogen) atoms.